The number of benzene rings is 3. The van der Waals surface area contributed by atoms with Crippen molar-refractivity contribution in [2.24, 2.45) is 0 Å². The molecule has 1 amide bonds. The number of hydrogen-bond donors (Lipinski definition) is 1. The SMILES string of the molecule is CC(C)c1ccc(Cn2c(CCCCCNC(=O)COc3ccccc3)nc3ccccc32)cc1. The fourth-order valence-electron chi connectivity index (χ4n) is 4.21. The molecule has 0 aliphatic rings. The minimum Gasteiger partial charge on any atom is -0.484 e. The summed E-state index contributed by atoms with van der Waals surface area (Å²) in [7, 11) is 0. The molecule has 4 rings (SSSR count). The van der Waals surface area contributed by atoms with Crippen molar-refractivity contribution in [2.45, 2.75) is 52.0 Å². The van der Waals surface area contributed by atoms with Crippen molar-refractivity contribution in [1.82, 2.24) is 14.9 Å². The Morgan fingerprint density at radius 2 is 1.66 bits per heavy atom. The lowest BCUT2D eigenvalue weighted by atomic mass is 10.0. The molecule has 182 valence electrons. The maximum absolute atomic E-state index is 12.0. The molecule has 0 spiro atoms. The standard InChI is InChI=1S/C30H35N3O2/c1-23(2)25-18-16-24(17-19-25)21-33-28-14-9-8-13-27(28)32-29(33)15-7-4-10-20-31-30(34)22-35-26-11-5-3-6-12-26/h3,5-6,8-9,11-14,16-19,23H,4,7,10,15,20-22H2,1-2H3,(H,31,34). The molecule has 0 aliphatic heterocycles. The molecular formula is C30H35N3O2. The lowest BCUT2D eigenvalue weighted by Crippen LogP contribution is -2.29. The van der Waals surface area contributed by atoms with Crippen LogP contribution < -0.4 is 10.1 Å². The number of amides is 1. The van der Waals surface area contributed by atoms with Gasteiger partial charge in [0.15, 0.2) is 6.61 Å². The van der Waals surface area contributed by atoms with Crippen molar-refractivity contribution in [3.05, 3.63) is 95.8 Å². The van der Waals surface area contributed by atoms with Gasteiger partial charge in [-0.1, -0.05) is 74.9 Å². The second kappa shape index (κ2) is 12.2. The Morgan fingerprint density at radius 1 is 0.914 bits per heavy atom. The van der Waals surface area contributed by atoms with Gasteiger partial charge in [-0.15, -0.1) is 0 Å². The van der Waals surface area contributed by atoms with Crippen LogP contribution in [0.2, 0.25) is 0 Å². The maximum Gasteiger partial charge on any atom is 0.257 e. The highest BCUT2D eigenvalue weighted by molar-refractivity contribution is 5.77. The number of fused-ring (bicyclic) bond motifs is 1. The molecule has 0 saturated heterocycles. The van der Waals surface area contributed by atoms with Gasteiger partial charge in [0, 0.05) is 19.5 Å². The number of hydrogen-bond acceptors (Lipinski definition) is 3. The molecule has 35 heavy (non-hydrogen) atoms. The summed E-state index contributed by atoms with van der Waals surface area (Å²) in [5, 5.41) is 2.94. The molecule has 1 aromatic heterocycles. The van der Waals surface area contributed by atoms with E-state index in [0.717, 1.165) is 43.6 Å². The lowest BCUT2D eigenvalue weighted by molar-refractivity contribution is -0.123. The van der Waals surface area contributed by atoms with E-state index in [1.807, 2.05) is 36.4 Å². The van der Waals surface area contributed by atoms with Crippen LogP contribution in [0.4, 0.5) is 0 Å². The minimum absolute atomic E-state index is 0.0478. The van der Waals surface area contributed by atoms with Crippen LogP contribution in [0.3, 0.4) is 0 Å². The molecule has 3 aromatic carbocycles. The van der Waals surface area contributed by atoms with E-state index in [1.54, 1.807) is 0 Å². The van der Waals surface area contributed by atoms with Crippen molar-refractivity contribution in [3.8, 4) is 5.75 Å². The molecule has 0 radical (unpaired) electrons. The third kappa shape index (κ3) is 6.95. The van der Waals surface area contributed by atoms with Crippen molar-refractivity contribution < 1.29 is 9.53 Å². The number of rotatable bonds is 12. The first-order valence-corrected chi connectivity index (χ1v) is 12.6. The number of para-hydroxylation sites is 3. The number of aromatic nitrogens is 2. The summed E-state index contributed by atoms with van der Waals surface area (Å²) in [4.78, 5) is 16.9. The van der Waals surface area contributed by atoms with E-state index in [0.29, 0.717) is 18.2 Å². The zero-order valence-corrected chi connectivity index (χ0v) is 20.7. The summed E-state index contributed by atoms with van der Waals surface area (Å²) in [6, 6.07) is 26.7. The summed E-state index contributed by atoms with van der Waals surface area (Å²) in [6.07, 6.45) is 3.93. The molecule has 0 aliphatic carbocycles. The first-order valence-electron chi connectivity index (χ1n) is 12.6. The zero-order valence-electron chi connectivity index (χ0n) is 20.7. The molecule has 5 heteroatoms. The quantitative estimate of drug-likeness (QED) is 0.255. The van der Waals surface area contributed by atoms with Gasteiger partial charge >= 0.3 is 0 Å². The summed E-state index contributed by atoms with van der Waals surface area (Å²) in [5.41, 5.74) is 4.88. The van der Waals surface area contributed by atoms with Crippen LogP contribution in [-0.2, 0) is 17.8 Å². The fourth-order valence-corrected chi connectivity index (χ4v) is 4.21. The first kappa shape index (κ1) is 24.5. The monoisotopic (exact) mass is 469 g/mol. The molecule has 0 unspecified atom stereocenters. The molecule has 0 atom stereocenters. The molecule has 0 bridgehead atoms. The van der Waals surface area contributed by atoms with Gasteiger partial charge in [0.2, 0.25) is 0 Å². The fraction of sp³-hybridized carbons (Fsp3) is 0.333. The molecule has 1 N–H and O–H groups in total. The second-order valence-corrected chi connectivity index (χ2v) is 9.26. The number of aryl methyl sites for hydroxylation is 1. The van der Waals surface area contributed by atoms with Crippen molar-refractivity contribution >= 4 is 16.9 Å². The van der Waals surface area contributed by atoms with Gasteiger partial charge < -0.3 is 14.6 Å². The van der Waals surface area contributed by atoms with Crippen LogP contribution in [0.1, 0.15) is 56.0 Å². The average molecular weight is 470 g/mol. The Morgan fingerprint density at radius 3 is 2.43 bits per heavy atom. The topological polar surface area (TPSA) is 56.2 Å². The van der Waals surface area contributed by atoms with Gasteiger partial charge in [0.25, 0.3) is 5.91 Å². The zero-order chi connectivity index (χ0) is 24.5. The summed E-state index contributed by atoms with van der Waals surface area (Å²) < 4.78 is 7.84. The van der Waals surface area contributed by atoms with Gasteiger partial charge in [0.05, 0.1) is 11.0 Å². The van der Waals surface area contributed by atoms with Gasteiger partial charge in [0.1, 0.15) is 11.6 Å². The van der Waals surface area contributed by atoms with Crippen molar-refractivity contribution in [3.63, 3.8) is 0 Å². The van der Waals surface area contributed by atoms with Gasteiger partial charge in [-0.05, 0) is 54.2 Å². The maximum atomic E-state index is 12.0. The highest BCUT2D eigenvalue weighted by Gasteiger charge is 2.11. The Labute approximate surface area is 208 Å². The third-order valence-electron chi connectivity index (χ3n) is 6.23. The smallest absolute Gasteiger partial charge is 0.257 e. The average Bonchev–Trinajstić information content (AvgIpc) is 3.23. The van der Waals surface area contributed by atoms with Gasteiger partial charge in [-0.25, -0.2) is 4.98 Å². The minimum atomic E-state index is -0.0841. The molecule has 5 nitrogen and oxygen atoms in total. The molecule has 4 aromatic rings. The first-order chi connectivity index (χ1) is 17.1. The van der Waals surface area contributed by atoms with E-state index in [2.05, 4.69) is 66.2 Å². The lowest BCUT2D eigenvalue weighted by Gasteiger charge is -2.11. The van der Waals surface area contributed by atoms with E-state index < -0.39 is 0 Å². The highest BCUT2D eigenvalue weighted by atomic mass is 16.5. The number of carbonyl (C=O) groups is 1. The van der Waals surface area contributed by atoms with Gasteiger partial charge in [-0.2, -0.15) is 0 Å². The van der Waals surface area contributed by atoms with E-state index in [9.17, 15) is 4.79 Å². The molecule has 1 heterocycles. The number of imidazole rings is 1. The van der Waals surface area contributed by atoms with Crippen LogP contribution in [0.15, 0.2) is 78.9 Å². The predicted octanol–water partition coefficient (Wildman–Crippen LogP) is 6.12. The van der Waals surface area contributed by atoms with Crippen LogP contribution in [-0.4, -0.2) is 28.6 Å². The van der Waals surface area contributed by atoms with Crippen LogP contribution >= 0.6 is 0 Å². The number of carbonyl (C=O) groups excluding carboxylic acids is 1. The second-order valence-electron chi connectivity index (χ2n) is 9.26. The van der Waals surface area contributed by atoms with Crippen LogP contribution in [0.5, 0.6) is 5.75 Å². The normalized spacial score (nSPS) is 11.2. The number of unbranched alkanes of at least 4 members (excludes halogenated alkanes) is 2. The Bertz CT molecular complexity index is 1210. The third-order valence-corrected chi connectivity index (χ3v) is 6.23. The summed E-state index contributed by atoms with van der Waals surface area (Å²) in [6.45, 7) is 5.98. The predicted molar refractivity (Wildman–Crippen MR) is 142 cm³/mol. The molecule has 0 saturated carbocycles. The van der Waals surface area contributed by atoms with Crippen LogP contribution in [0, 0.1) is 0 Å². The van der Waals surface area contributed by atoms with E-state index in [-0.39, 0.29) is 12.5 Å². The highest BCUT2D eigenvalue weighted by Crippen LogP contribution is 2.21. The Balaban J connectivity index is 1.26. The molecular weight excluding hydrogens is 434 g/mol. The largest absolute Gasteiger partial charge is 0.484 e. The Kier molecular flexibility index (Phi) is 8.55. The van der Waals surface area contributed by atoms with Crippen molar-refractivity contribution in [2.75, 3.05) is 13.2 Å². The van der Waals surface area contributed by atoms with E-state index >= 15 is 0 Å². The Hall–Kier alpha value is -3.60. The van der Waals surface area contributed by atoms with Gasteiger partial charge in [-0.3, -0.25) is 4.79 Å². The summed E-state index contributed by atoms with van der Waals surface area (Å²) in [5.74, 6) is 2.29. The van der Waals surface area contributed by atoms with E-state index in [1.165, 1.54) is 16.6 Å². The molecule has 0 fully saturated rings. The van der Waals surface area contributed by atoms with Crippen molar-refractivity contribution in [1.29, 1.82) is 0 Å². The van der Waals surface area contributed by atoms with E-state index in [4.69, 9.17) is 9.72 Å². The van der Waals surface area contributed by atoms with Crippen LogP contribution in [0.25, 0.3) is 11.0 Å². The number of nitrogens with one attached hydrogen (secondary N) is 1. The number of nitrogens with zero attached hydrogens (tertiary/aromatic N) is 2. The summed E-state index contributed by atoms with van der Waals surface area (Å²) >= 11 is 0. The number of ether oxygens (including phenoxy) is 1.